The molecule has 6 heteroatoms. The predicted octanol–water partition coefficient (Wildman–Crippen LogP) is 4.04. The largest absolute Gasteiger partial charge is 0.497 e. The maximum absolute atomic E-state index is 14.0. The molecule has 27 heavy (non-hydrogen) atoms. The second kappa shape index (κ2) is 9.71. The summed E-state index contributed by atoms with van der Waals surface area (Å²) in [5.74, 6) is -1.80. The van der Waals surface area contributed by atoms with Gasteiger partial charge in [-0.05, 0) is 31.0 Å². The Balaban J connectivity index is 2.02. The average Bonchev–Trinajstić information content (AvgIpc) is 2.67. The van der Waals surface area contributed by atoms with E-state index in [-0.39, 0.29) is 11.6 Å². The summed E-state index contributed by atoms with van der Waals surface area (Å²) in [6, 6.07) is 13.2. The highest BCUT2D eigenvalue weighted by Crippen LogP contribution is 2.20. The molecule has 0 bridgehead atoms. The zero-order chi connectivity index (χ0) is 19.8. The first-order valence-corrected chi connectivity index (χ1v) is 8.86. The van der Waals surface area contributed by atoms with Crippen LogP contribution < -0.4 is 10.1 Å². The van der Waals surface area contributed by atoms with Crippen molar-refractivity contribution in [3.05, 3.63) is 65.5 Å². The first-order chi connectivity index (χ1) is 13.0. The smallest absolute Gasteiger partial charge is 0.341 e. The quantitative estimate of drug-likeness (QED) is 0.710. The van der Waals surface area contributed by atoms with Gasteiger partial charge in [-0.1, -0.05) is 43.7 Å². The number of carbonyl (C=O) groups is 2. The van der Waals surface area contributed by atoms with E-state index in [0.29, 0.717) is 5.75 Å². The van der Waals surface area contributed by atoms with E-state index in [9.17, 15) is 14.0 Å². The maximum Gasteiger partial charge on any atom is 0.341 e. The summed E-state index contributed by atoms with van der Waals surface area (Å²) in [4.78, 5) is 24.6. The number of hydrogen-bond acceptors (Lipinski definition) is 4. The van der Waals surface area contributed by atoms with Crippen LogP contribution in [0.15, 0.2) is 48.5 Å². The third-order valence-corrected chi connectivity index (χ3v) is 4.14. The Bertz CT molecular complexity index is 779. The summed E-state index contributed by atoms with van der Waals surface area (Å²) < 4.78 is 24.0. The number of ether oxygens (including phenoxy) is 2. The molecule has 0 aromatic heterocycles. The fourth-order valence-electron chi connectivity index (χ4n) is 2.65. The molecule has 2 rings (SSSR count). The van der Waals surface area contributed by atoms with Gasteiger partial charge in [-0.15, -0.1) is 0 Å². The minimum atomic E-state index is -1.05. The molecular weight excluding hydrogens is 349 g/mol. The molecule has 0 fully saturated rings. The van der Waals surface area contributed by atoms with E-state index in [1.807, 2.05) is 37.3 Å². The van der Waals surface area contributed by atoms with E-state index < -0.39 is 23.8 Å². The Hall–Kier alpha value is -2.89. The van der Waals surface area contributed by atoms with Gasteiger partial charge in [0.25, 0.3) is 5.91 Å². The van der Waals surface area contributed by atoms with Gasteiger partial charge in [-0.3, -0.25) is 4.79 Å². The fourth-order valence-corrected chi connectivity index (χ4v) is 2.65. The van der Waals surface area contributed by atoms with Crippen molar-refractivity contribution >= 4 is 11.9 Å². The minimum Gasteiger partial charge on any atom is -0.497 e. The number of esters is 1. The van der Waals surface area contributed by atoms with Crippen LogP contribution in [0.25, 0.3) is 0 Å². The van der Waals surface area contributed by atoms with E-state index in [0.717, 1.165) is 24.5 Å². The van der Waals surface area contributed by atoms with Crippen molar-refractivity contribution in [2.45, 2.75) is 38.8 Å². The number of halogens is 1. The molecule has 0 unspecified atom stereocenters. The molecule has 1 N–H and O–H groups in total. The molecule has 0 aliphatic carbocycles. The lowest BCUT2D eigenvalue weighted by molar-refractivity contribution is -0.130. The van der Waals surface area contributed by atoms with Crippen LogP contribution in [0.1, 0.15) is 48.7 Å². The van der Waals surface area contributed by atoms with Gasteiger partial charge < -0.3 is 14.8 Å². The summed E-state index contributed by atoms with van der Waals surface area (Å²) in [6.07, 6.45) is 0.580. The van der Waals surface area contributed by atoms with Gasteiger partial charge in [-0.25, -0.2) is 9.18 Å². The van der Waals surface area contributed by atoms with Crippen molar-refractivity contribution in [3.63, 3.8) is 0 Å². The maximum atomic E-state index is 14.0. The lowest BCUT2D eigenvalue weighted by Crippen LogP contribution is -2.38. The normalized spacial score (nSPS) is 12.7. The van der Waals surface area contributed by atoms with E-state index in [1.54, 1.807) is 0 Å². The SMILES string of the molecule is CCC[C@@H](NC(=O)[C@@H](C)OC(=O)c1ccc(OC)cc1F)c1ccccc1. The molecule has 0 radical (unpaired) electrons. The number of amides is 1. The van der Waals surface area contributed by atoms with E-state index in [2.05, 4.69) is 5.32 Å². The molecule has 0 aliphatic rings. The lowest BCUT2D eigenvalue weighted by atomic mass is 10.0. The Morgan fingerprint density at radius 2 is 1.85 bits per heavy atom. The minimum absolute atomic E-state index is 0.178. The molecule has 0 heterocycles. The van der Waals surface area contributed by atoms with Crippen LogP contribution in [0.5, 0.6) is 5.75 Å². The predicted molar refractivity (Wildman–Crippen MR) is 100 cm³/mol. The van der Waals surface area contributed by atoms with Gasteiger partial charge in [-0.2, -0.15) is 0 Å². The third-order valence-electron chi connectivity index (χ3n) is 4.14. The van der Waals surface area contributed by atoms with Crippen molar-refractivity contribution < 1.29 is 23.5 Å². The van der Waals surface area contributed by atoms with Crippen molar-refractivity contribution in [3.8, 4) is 5.75 Å². The molecular formula is C21H24FNO4. The first kappa shape index (κ1) is 20.4. The monoisotopic (exact) mass is 373 g/mol. The molecule has 144 valence electrons. The Morgan fingerprint density at radius 3 is 2.44 bits per heavy atom. The molecule has 0 saturated heterocycles. The summed E-state index contributed by atoms with van der Waals surface area (Å²) in [5, 5.41) is 2.89. The van der Waals surface area contributed by atoms with Crippen LogP contribution in [0.3, 0.4) is 0 Å². The standard InChI is InChI=1S/C21H24FNO4/c1-4-8-19(15-9-6-5-7-10-15)23-20(24)14(2)27-21(25)17-12-11-16(26-3)13-18(17)22/h5-7,9-14,19H,4,8H2,1-3H3,(H,23,24)/t14-,19-/m1/s1. The zero-order valence-electron chi connectivity index (χ0n) is 15.7. The highest BCUT2D eigenvalue weighted by atomic mass is 19.1. The molecule has 2 aromatic carbocycles. The van der Waals surface area contributed by atoms with Crippen LogP contribution >= 0.6 is 0 Å². The van der Waals surface area contributed by atoms with Crippen LogP contribution in [-0.2, 0) is 9.53 Å². The Labute approximate surface area is 158 Å². The second-order valence-corrected chi connectivity index (χ2v) is 6.15. The molecule has 1 amide bonds. The van der Waals surface area contributed by atoms with Crippen molar-refractivity contribution in [2.75, 3.05) is 7.11 Å². The number of benzene rings is 2. The molecule has 2 atom stereocenters. The second-order valence-electron chi connectivity index (χ2n) is 6.15. The number of hydrogen-bond donors (Lipinski definition) is 1. The average molecular weight is 373 g/mol. The Morgan fingerprint density at radius 1 is 1.15 bits per heavy atom. The van der Waals surface area contributed by atoms with Crippen molar-refractivity contribution in [1.29, 1.82) is 0 Å². The summed E-state index contributed by atoms with van der Waals surface area (Å²) in [5.41, 5.74) is 0.732. The van der Waals surface area contributed by atoms with E-state index in [4.69, 9.17) is 9.47 Å². The summed E-state index contributed by atoms with van der Waals surface area (Å²) in [6.45, 7) is 3.49. The summed E-state index contributed by atoms with van der Waals surface area (Å²) >= 11 is 0. The van der Waals surface area contributed by atoms with Crippen LogP contribution in [-0.4, -0.2) is 25.1 Å². The lowest BCUT2D eigenvalue weighted by Gasteiger charge is -2.21. The van der Waals surface area contributed by atoms with Crippen molar-refractivity contribution in [1.82, 2.24) is 5.32 Å². The third kappa shape index (κ3) is 5.54. The number of carbonyl (C=O) groups excluding carboxylic acids is 2. The van der Waals surface area contributed by atoms with Gasteiger partial charge in [0, 0.05) is 6.07 Å². The Kier molecular flexibility index (Phi) is 7.34. The van der Waals surface area contributed by atoms with Crippen LogP contribution in [0, 0.1) is 5.82 Å². The van der Waals surface area contributed by atoms with Gasteiger partial charge in [0.2, 0.25) is 0 Å². The first-order valence-electron chi connectivity index (χ1n) is 8.86. The number of rotatable bonds is 8. The van der Waals surface area contributed by atoms with Crippen LogP contribution in [0.4, 0.5) is 4.39 Å². The van der Waals surface area contributed by atoms with E-state index >= 15 is 0 Å². The van der Waals surface area contributed by atoms with Gasteiger partial charge in [0.15, 0.2) is 6.10 Å². The molecule has 5 nitrogen and oxygen atoms in total. The highest BCUT2D eigenvalue weighted by Gasteiger charge is 2.23. The number of nitrogens with one attached hydrogen (secondary N) is 1. The van der Waals surface area contributed by atoms with Gasteiger partial charge in [0.05, 0.1) is 18.7 Å². The highest BCUT2D eigenvalue weighted by molar-refractivity contribution is 5.92. The molecule has 2 aromatic rings. The zero-order valence-corrected chi connectivity index (χ0v) is 15.7. The van der Waals surface area contributed by atoms with Gasteiger partial charge in [0.1, 0.15) is 11.6 Å². The molecule has 0 spiro atoms. The van der Waals surface area contributed by atoms with E-state index in [1.165, 1.54) is 26.2 Å². The molecule has 0 aliphatic heterocycles. The topological polar surface area (TPSA) is 64.6 Å². The molecule has 0 saturated carbocycles. The van der Waals surface area contributed by atoms with Crippen LogP contribution in [0.2, 0.25) is 0 Å². The fraction of sp³-hybridized carbons (Fsp3) is 0.333. The summed E-state index contributed by atoms with van der Waals surface area (Å²) in [7, 11) is 1.40. The number of methoxy groups -OCH3 is 1. The van der Waals surface area contributed by atoms with Crippen molar-refractivity contribution in [2.24, 2.45) is 0 Å². The van der Waals surface area contributed by atoms with Gasteiger partial charge >= 0.3 is 5.97 Å².